The number of unbranched alkanes of at least 4 members (excludes halogenated alkanes) is 1. The van der Waals surface area contributed by atoms with E-state index in [1.54, 1.807) is 0 Å². The third kappa shape index (κ3) is 4.19. The maximum atomic E-state index is 11.9. The molecule has 2 heterocycles. The molecule has 2 aromatic rings. The molecular weight excluding hydrogens is 312 g/mol. The molecule has 124 valence electrons. The molecular formula is C16H22N4O2S. The van der Waals surface area contributed by atoms with E-state index in [-0.39, 0.29) is 5.03 Å². The smallest absolute Gasteiger partial charge is 0.257 e. The Hall–Kier alpha value is -1.70. The van der Waals surface area contributed by atoms with Crippen LogP contribution in [0, 0.1) is 0 Å². The van der Waals surface area contributed by atoms with E-state index in [9.17, 15) is 8.42 Å². The SMILES string of the molecule is O=S(=O)(NCCCCN1CCc2ccccc2C1)c1cnc[nH]1. The summed E-state index contributed by atoms with van der Waals surface area (Å²) < 4.78 is 26.4. The van der Waals surface area contributed by atoms with Gasteiger partial charge in [-0.3, -0.25) is 4.90 Å². The number of H-pyrrole nitrogens is 1. The van der Waals surface area contributed by atoms with E-state index in [2.05, 4.69) is 43.9 Å². The van der Waals surface area contributed by atoms with Gasteiger partial charge in [0.1, 0.15) is 0 Å². The third-order valence-corrected chi connectivity index (χ3v) is 5.55. The molecule has 6 nitrogen and oxygen atoms in total. The van der Waals surface area contributed by atoms with Gasteiger partial charge >= 0.3 is 0 Å². The number of hydrogen-bond acceptors (Lipinski definition) is 4. The Morgan fingerprint density at radius 2 is 2.04 bits per heavy atom. The molecule has 1 aliphatic heterocycles. The second-order valence-electron chi connectivity index (χ2n) is 5.82. The van der Waals surface area contributed by atoms with Crippen LogP contribution in [0.5, 0.6) is 0 Å². The molecule has 0 spiro atoms. The highest BCUT2D eigenvalue weighted by molar-refractivity contribution is 7.89. The molecule has 0 radical (unpaired) electrons. The molecule has 1 aliphatic rings. The van der Waals surface area contributed by atoms with Crippen LogP contribution in [0.25, 0.3) is 0 Å². The highest BCUT2D eigenvalue weighted by atomic mass is 32.2. The van der Waals surface area contributed by atoms with Gasteiger partial charge in [-0.05, 0) is 36.9 Å². The predicted molar refractivity (Wildman–Crippen MR) is 88.4 cm³/mol. The zero-order valence-corrected chi connectivity index (χ0v) is 13.8. The first kappa shape index (κ1) is 16.2. The minimum atomic E-state index is -3.44. The molecule has 0 unspecified atom stereocenters. The number of nitrogens with one attached hydrogen (secondary N) is 2. The topological polar surface area (TPSA) is 78.1 Å². The van der Waals surface area contributed by atoms with Crippen LogP contribution in [0.15, 0.2) is 41.8 Å². The summed E-state index contributed by atoms with van der Waals surface area (Å²) >= 11 is 0. The van der Waals surface area contributed by atoms with Crippen molar-refractivity contribution in [3.05, 3.63) is 47.9 Å². The monoisotopic (exact) mass is 334 g/mol. The first-order valence-corrected chi connectivity index (χ1v) is 9.41. The Labute approximate surface area is 137 Å². The van der Waals surface area contributed by atoms with Crippen molar-refractivity contribution in [2.24, 2.45) is 0 Å². The van der Waals surface area contributed by atoms with Gasteiger partial charge in [0.15, 0.2) is 5.03 Å². The van der Waals surface area contributed by atoms with Crippen molar-refractivity contribution in [2.45, 2.75) is 30.8 Å². The molecule has 0 atom stereocenters. The van der Waals surface area contributed by atoms with Crippen LogP contribution in [0.1, 0.15) is 24.0 Å². The molecule has 1 aromatic carbocycles. The number of sulfonamides is 1. The van der Waals surface area contributed by atoms with Crippen molar-refractivity contribution < 1.29 is 8.42 Å². The van der Waals surface area contributed by atoms with Gasteiger partial charge in [0.2, 0.25) is 0 Å². The van der Waals surface area contributed by atoms with Crippen LogP contribution in [0.3, 0.4) is 0 Å². The van der Waals surface area contributed by atoms with E-state index in [1.165, 1.54) is 23.7 Å². The number of aromatic nitrogens is 2. The Morgan fingerprint density at radius 3 is 2.83 bits per heavy atom. The van der Waals surface area contributed by atoms with Crippen LogP contribution in [-0.2, 0) is 23.0 Å². The minimum Gasteiger partial charge on any atom is -0.335 e. The van der Waals surface area contributed by atoms with Crippen LogP contribution in [0.2, 0.25) is 0 Å². The highest BCUT2D eigenvalue weighted by Gasteiger charge is 2.16. The van der Waals surface area contributed by atoms with Gasteiger partial charge in [-0.25, -0.2) is 18.1 Å². The molecule has 0 amide bonds. The molecule has 1 aromatic heterocycles. The Morgan fingerprint density at radius 1 is 1.22 bits per heavy atom. The van der Waals surface area contributed by atoms with Gasteiger partial charge < -0.3 is 4.98 Å². The third-order valence-electron chi connectivity index (χ3n) is 4.17. The predicted octanol–water partition coefficient (Wildman–Crippen LogP) is 1.53. The second kappa shape index (κ2) is 7.25. The normalized spacial score (nSPS) is 15.5. The van der Waals surface area contributed by atoms with Gasteiger partial charge in [0.05, 0.1) is 12.5 Å². The molecule has 0 aliphatic carbocycles. The van der Waals surface area contributed by atoms with E-state index >= 15 is 0 Å². The van der Waals surface area contributed by atoms with Gasteiger partial charge in [-0.1, -0.05) is 24.3 Å². The lowest BCUT2D eigenvalue weighted by molar-refractivity contribution is 0.249. The van der Waals surface area contributed by atoms with E-state index in [0.29, 0.717) is 6.54 Å². The summed E-state index contributed by atoms with van der Waals surface area (Å²) in [4.78, 5) is 8.78. The Balaban J connectivity index is 1.38. The number of benzene rings is 1. The average molecular weight is 334 g/mol. The lowest BCUT2D eigenvalue weighted by Gasteiger charge is -2.28. The first-order valence-electron chi connectivity index (χ1n) is 7.92. The number of fused-ring (bicyclic) bond motifs is 1. The van der Waals surface area contributed by atoms with Gasteiger partial charge in [0.25, 0.3) is 10.0 Å². The van der Waals surface area contributed by atoms with Crippen molar-refractivity contribution in [3.8, 4) is 0 Å². The number of aromatic amines is 1. The minimum absolute atomic E-state index is 0.116. The van der Waals surface area contributed by atoms with E-state index in [0.717, 1.165) is 38.9 Å². The summed E-state index contributed by atoms with van der Waals surface area (Å²) in [7, 11) is -3.44. The number of hydrogen-bond donors (Lipinski definition) is 2. The fraction of sp³-hybridized carbons (Fsp3) is 0.438. The van der Waals surface area contributed by atoms with Crippen molar-refractivity contribution >= 4 is 10.0 Å². The summed E-state index contributed by atoms with van der Waals surface area (Å²) in [5.41, 5.74) is 2.87. The van der Waals surface area contributed by atoms with Crippen molar-refractivity contribution in [2.75, 3.05) is 19.6 Å². The summed E-state index contributed by atoms with van der Waals surface area (Å²) in [6.45, 7) is 3.53. The zero-order chi connectivity index (χ0) is 16.1. The summed E-state index contributed by atoms with van der Waals surface area (Å²) in [6, 6.07) is 8.59. The van der Waals surface area contributed by atoms with Crippen molar-refractivity contribution in [3.63, 3.8) is 0 Å². The zero-order valence-electron chi connectivity index (χ0n) is 13.0. The fourth-order valence-corrected chi connectivity index (χ4v) is 3.86. The van der Waals surface area contributed by atoms with Crippen LogP contribution in [-0.4, -0.2) is 42.9 Å². The molecule has 23 heavy (non-hydrogen) atoms. The van der Waals surface area contributed by atoms with Crippen LogP contribution in [0.4, 0.5) is 0 Å². The van der Waals surface area contributed by atoms with Crippen molar-refractivity contribution in [1.29, 1.82) is 0 Å². The van der Waals surface area contributed by atoms with Gasteiger partial charge in [0, 0.05) is 19.6 Å². The second-order valence-corrected chi connectivity index (χ2v) is 7.55. The van der Waals surface area contributed by atoms with Gasteiger partial charge in [-0.15, -0.1) is 0 Å². The number of nitrogens with zero attached hydrogens (tertiary/aromatic N) is 2. The highest BCUT2D eigenvalue weighted by Crippen LogP contribution is 2.18. The van der Waals surface area contributed by atoms with Gasteiger partial charge in [-0.2, -0.15) is 0 Å². The largest absolute Gasteiger partial charge is 0.335 e. The Bertz CT molecular complexity index is 728. The maximum Gasteiger partial charge on any atom is 0.257 e. The van der Waals surface area contributed by atoms with Crippen LogP contribution >= 0.6 is 0 Å². The van der Waals surface area contributed by atoms with Crippen molar-refractivity contribution in [1.82, 2.24) is 19.6 Å². The molecule has 0 saturated heterocycles. The lowest BCUT2D eigenvalue weighted by Crippen LogP contribution is -2.32. The summed E-state index contributed by atoms with van der Waals surface area (Å²) in [5, 5.41) is 0.116. The number of rotatable bonds is 7. The average Bonchev–Trinajstić information content (AvgIpc) is 3.10. The first-order chi connectivity index (χ1) is 11.1. The molecule has 0 fully saturated rings. The standard InChI is InChI=1S/C16H22N4O2S/c21-23(22,16-11-17-13-18-16)19-8-3-4-9-20-10-7-14-5-1-2-6-15(14)12-20/h1-2,5-6,11,13,19H,3-4,7-10,12H2,(H,17,18). The fourth-order valence-electron chi connectivity index (χ4n) is 2.88. The van der Waals surface area contributed by atoms with E-state index in [1.807, 2.05) is 0 Å². The van der Waals surface area contributed by atoms with E-state index < -0.39 is 10.0 Å². The maximum absolute atomic E-state index is 11.9. The van der Waals surface area contributed by atoms with Crippen LogP contribution < -0.4 is 4.72 Å². The molecule has 7 heteroatoms. The molecule has 3 rings (SSSR count). The van der Waals surface area contributed by atoms with E-state index in [4.69, 9.17) is 0 Å². The quantitative estimate of drug-likeness (QED) is 0.753. The summed E-state index contributed by atoms with van der Waals surface area (Å²) in [5.74, 6) is 0. The number of imidazole rings is 1. The molecule has 0 bridgehead atoms. The Kier molecular flexibility index (Phi) is 5.09. The lowest BCUT2D eigenvalue weighted by atomic mass is 10.00. The molecule has 2 N–H and O–H groups in total. The summed E-state index contributed by atoms with van der Waals surface area (Å²) in [6.07, 6.45) is 5.58. The molecule has 0 saturated carbocycles.